The molecule has 0 saturated carbocycles. The van der Waals surface area contributed by atoms with Gasteiger partial charge < -0.3 is 0 Å². The molecule has 20 heavy (non-hydrogen) atoms. The van der Waals surface area contributed by atoms with Gasteiger partial charge in [-0.3, -0.25) is 0 Å². The Morgan fingerprint density at radius 1 is 0.900 bits per heavy atom. The molecule has 0 aliphatic rings. The van der Waals surface area contributed by atoms with Crippen LogP contribution in [0.25, 0.3) is 10.1 Å². The molecule has 0 saturated heterocycles. The topological polar surface area (TPSA) is 0 Å². The number of hydrogen-bond donors (Lipinski definition) is 0. The lowest BCUT2D eigenvalue weighted by atomic mass is 9.98. The zero-order valence-electron chi connectivity index (χ0n) is 11.6. The molecule has 1 atom stereocenters. The Balaban J connectivity index is 1.97. The molecule has 1 heterocycles. The largest absolute Gasteiger partial charge is 0.143 e. The summed E-state index contributed by atoms with van der Waals surface area (Å²) in [6, 6.07) is 17.6. The van der Waals surface area contributed by atoms with E-state index in [2.05, 4.69) is 83.7 Å². The van der Waals surface area contributed by atoms with Crippen LogP contribution in [-0.4, -0.2) is 0 Å². The summed E-state index contributed by atoms with van der Waals surface area (Å²) >= 11 is 5.68. The maximum Gasteiger partial charge on any atom is 0.0658 e. The van der Waals surface area contributed by atoms with Crippen molar-refractivity contribution in [2.75, 3.05) is 0 Å². The predicted octanol–water partition coefficient (Wildman–Crippen LogP) is 6.51. The van der Waals surface area contributed by atoms with Gasteiger partial charge in [-0.1, -0.05) is 72.2 Å². The minimum atomic E-state index is 0.264. The number of rotatable bonds is 3. The van der Waals surface area contributed by atoms with Gasteiger partial charge in [0.25, 0.3) is 0 Å². The third-order valence-electron chi connectivity index (χ3n) is 3.68. The van der Waals surface area contributed by atoms with Crippen LogP contribution in [0.4, 0.5) is 0 Å². The summed E-state index contributed by atoms with van der Waals surface area (Å²) in [5, 5.41) is 3.62. The van der Waals surface area contributed by atoms with Crippen molar-refractivity contribution in [3.8, 4) is 0 Å². The van der Waals surface area contributed by atoms with E-state index in [0.29, 0.717) is 5.92 Å². The highest BCUT2D eigenvalue weighted by atomic mass is 79.9. The summed E-state index contributed by atoms with van der Waals surface area (Å²) in [6.45, 7) is 4.46. The number of fused-ring (bicyclic) bond motifs is 1. The standard InChI is InChI=1S/C18H17BrS/c1-12(2)13-7-9-14(10-8-13)18(19)16-11-20-17-6-4-3-5-15(16)17/h3-12,18H,1-2H3. The molecule has 0 amide bonds. The van der Waals surface area contributed by atoms with Gasteiger partial charge in [-0.25, -0.2) is 0 Å². The number of halogens is 1. The third-order valence-corrected chi connectivity index (χ3v) is 5.68. The molecule has 3 rings (SSSR count). The fraction of sp³-hybridized carbons (Fsp3) is 0.222. The van der Waals surface area contributed by atoms with Crippen molar-refractivity contribution in [2.45, 2.75) is 24.6 Å². The van der Waals surface area contributed by atoms with Crippen molar-refractivity contribution >= 4 is 37.4 Å². The Labute approximate surface area is 132 Å². The highest BCUT2D eigenvalue weighted by Gasteiger charge is 2.15. The number of alkyl halides is 1. The summed E-state index contributed by atoms with van der Waals surface area (Å²) in [7, 11) is 0. The third kappa shape index (κ3) is 2.55. The minimum Gasteiger partial charge on any atom is -0.143 e. The molecule has 0 radical (unpaired) electrons. The van der Waals surface area contributed by atoms with Gasteiger partial charge in [-0.2, -0.15) is 0 Å². The maximum atomic E-state index is 3.86. The molecular formula is C18H17BrS. The van der Waals surface area contributed by atoms with Crippen molar-refractivity contribution < 1.29 is 0 Å². The average Bonchev–Trinajstić information content (AvgIpc) is 2.90. The second-order valence-electron chi connectivity index (χ2n) is 5.37. The first kappa shape index (κ1) is 13.8. The van der Waals surface area contributed by atoms with Gasteiger partial charge in [0, 0.05) is 4.70 Å². The van der Waals surface area contributed by atoms with Gasteiger partial charge >= 0.3 is 0 Å². The van der Waals surface area contributed by atoms with Gasteiger partial charge in [0.2, 0.25) is 0 Å². The van der Waals surface area contributed by atoms with Crippen molar-refractivity contribution in [1.82, 2.24) is 0 Å². The SMILES string of the molecule is CC(C)c1ccc(C(Br)c2csc3ccccc23)cc1. The summed E-state index contributed by atoms with van der Waals surface area (Å²) < 4.78 is 1.35. The Morgan fingerprint density at radius 2 is 1.55 bits per heavy atom. The summed E-state index contributed by atoms with van der Waals surface area (Å²) in [6.07, 6.45) is 0. The average molecular weight is 345 g/mol. The quantitative estimate of drug-likeness (QED) is 0.475. The van der Waals surface area contributed by atoms with Crippen LogP contribution in [0.3, 0.4) is 0 Å². The van der Waals surface area contributed by atoms with Crippen LogP contribution in [0, 0.1) is 0 Å². The van der Waals surface area contributed by atoms with Crippen LogP contribution in [0.15, 0.2) is 53.9 Å². The van der Waals surface area contributed by atoms with E-state index in [9.17, 15) is 0 Å². The van der Waals surface area contributed by atoms with Gasteiger partial charge in [-0.15, -0.1) is 11.3 Å². The number of hydrogen-bond acceptors (Lipinski definition) is 1. The fourth-order valence-corrected chi connectivity index (χ4v) is 4.27. The van der Waals surface area contributed by atoms with E-state index in [1.54, 1.807) is 0 Å². The van der Waals surface area contributed by atoms with Gasteiger partial charge in [0.15, 0.2) is 0 Å². The monoisotopic (exact) mass is 344 g/mol. The van der Waals surface area contributed by atoms with Crippen LogP contribution in [0.2, 0.25) is 0 Å². The summed E-state index contributed by atoms with van der Waals surface area (Å²) in [4.78, 5) is 0.264. The van der Waals surface area contributed by atoms with Crippen molar-refractivity contribution in [2.24, 2.45) is 0 Å². The molecule has 0 aliphatic carbocycles. The van der Waals surface area contributed by atoms with Crippen molar-refractivity contribution in [1.29, 1.82) is 0 Å². The molecule has 3 aromatic rings. The van der Waals surface area contributed by atoms with E-state index in [1.807, 2.05) is 11.3 Å². The molecule has 0 N–H and O–H groups in total. The lowest BCUT2D eigenvalue weighted by molar-refractivity contribution is 0.865. The predicted molar refractivity (Wildman–Crippen MR) is 93.1 cm³/mol. The Bertz CT molecular complexity index is 710. The molecule has 2 aromatic carbocycles. The molecule has 1 unspecified atom stereocenters. The lowest BCUT2D eigenvalue weighted by Gasteiger charge is -2.12. The first-order valence-electron chi connectivity index (χ1n) is 6.87. The molecule has 2 heteroatoms. The number of thiophene rings is 1. The van der Waals surface area contributed by atoms with Crippen LogP contribution >= 0.6 is 27.3 Å². The minimum absolute atomic E-state index is 0.264. The first-order valence-corrected chi connectivity index (χ1v) is 8.66. The Hall–Kier alpha value is -1.12. The van der Waals surface area contributed by atoms with E-state index in [1.165, 1.54) is 26.8 Å². The molecule has 0 bridgehead atoms. The van der Waals surface area contributed by atoms with E-state index >= 15 is 0 Å². The molecule has 0 fully saturated rings. The van der Waals surface area contributed by atoms with Crippen LogP contribution in [0.1, 0.15) is 41.3 Å². The van der Waals surface area contributed by atoms with Gasteiger partial charge in [0.1, 0.15) is 0 Å². The maximum absolute atomic E-state index is 3.86. The van der Waals surface area contributed by atoms with Crippen LogP contribution < -0.4 is 0 Å². The van der Waals surface area contributed by atoms with Crippen LogP contribution in [0.5, 0.6) is 0 Å². The van der Waals surface area contributed by atoms with Crippen molar-refractivity contribution in [3.63, 3.8) is 0 Å². The normalized spacial score (nSPS) is 13.0. The second-order valence-corrected chi connectivity index (χ2v) is 7.20. The molecule has 0 spiro atoms. The van der Waals surface area contributed by atoms with E-state index < -0.39 is 0 Å². The highest BCUT2D eigenvalue weighted by molar-refractivity contribution is 9.09. The summed E-state index contributed by atoms with van der Waals surface area (Å²) in [5.41, 5.74) is 4.07. The summed E-state index contributed by atoms with van der Waals surface area (Å²) in [5.74, 6) is 0.583. The molecular weight excluding hydrogens is 328 g/mol. The Kier molecular flexibility index (Phi) is 3.95. The zero-order chi connectivity index (χ0) is 14.1. The lowest BCUT2D eigenvalue weighted by Crippen LogP contribution is -1.93. The van der Waals surface area contributed by atoms with Gasteiger partial charge in [-0.05, 0) is 39.4 Å². The fourth-order valence-electron chi connectivity index (χ4n) is 2.42. The second kappa shape index (κ2) is 5.71. The molecule has 0 nitrogen and oxygen atoms in total. The van der Waals surface area contributed by atoms with Gasteiger partial charge in [0.05, 0.1) is 4.83 Å². The van der Waals surface area contributed by atoms with E-state index in [0.717, 1.165) is 0 Å². The number of benzene rings is 2. The zero-order valence-corrected chi connectivity index (χ0v) is 14.0. The smallest absolute Gasteiger partial charge is 0.0658 e. The molecule has 0 aliphatic heterocycles. The van der Waals surface area contributed by atoms with Crippen molar-refractivity contribution in [3.05, 3.63) is 70.6 Å². The first-order chi connectivity index (χ1) is 9.66. The van der Waals surface area contributed by atoms with Crippen LogP contribution in [-0.2, 0) is 0 Å². The van der Waals surface area contributed by atoms with E-state index in [4.69, 9.17) is 0 Å². The molecule has 1 aromatic heterocycles. The highest BCUT2D eigenvalue weighted by Crippen LogP contribution is 2.38. The molecule has 102 valence electrons. The van der Waals surface area contributed by atoms with E-state index in [-0.39, 0.29) is 4.83 Å². The Morgan fingerprint density at radius 3 is 2.25 bits per heavy atom.